The first-order valence-electron chi connectivity index (χ1n) is 9.27. The molecule has 1 aromatic heterocycles. The Kier molecular flexibility index (Phi) is 5.59. The molecule has 24 heavy (non-hydrogen) atoms. The standard InChI is InChI=1S/C19H28N2O2S/c1-3-8-20-18(22)14-6-9-21(10-7-14)19(23)17-12-15-11-13(2)4-5-16(15)24-17/h12-14H,3-11H2,1-2H3,(H,20,22). The predicted molar refractivity (Wildman–Crippen MR) is 97.4 cm³/mol. The molecule has 1 aliphatic carbocycles. The van der Waals surface area contributed by atoms with Crippen LogP contribution in [0.2, 0.25) is 0 Å². The van der Waals surface area contributed by atoms with Gasteiger partial charge in [0.15, 0.2) is 0 Å². The largest absolute Gasteiger partial charge is 0.356 e. The van der Waals surface area contributed by atoms with Crippen molar-refractivity contribution in [1.29, 1.82) is 0 Å². The number of piperidine rings is 1. The zero-order valence-corrected chi connectivity index (χ0v) is 15.6. The van der Waals surface area contributed by atoms with E-state index < -0.39 is 0 Å². The molecule has 1 unspecified atom stereocenters. The van der Waals surface area contributed by atoms with E-state index in [1.54, 1.807) is 11.3 Å². The molecule has 1 aromatic rings. The van der Waals surface area contributed by atoms with Gasteiger partial charge in [0, 0.05) is 30.4 Å². The fourth-order valence-electron chi connectivity index (χ4n) is 3.70. The van der Waals surface area contributed by atoms with Crippen LogP contribution in [0.15, 0.2) is 6.07 Å². The van der Waals surface area contributed by atoms with Crippen LogP contribution in [0.1, 0.15) is 59.6 Å². The maximum Gasteiger partial charge on any atom is 0.263 e. The molecule has 1 atom stereocenters. The minimum absolute atomic E-state index is 0.0676. The molecule has 3 rings (SSSR count). The summed E-state index contributed by atoms with van der Waals surface area (Å²) >= 11 is 1.69. The van der Waals surface area contributed by atoms with Gasteiger partial charge in [0.1, 0.15) is 0 Å². The van der Waals surface area contributed by atoms with Crippen LogP contribution in [-0.4, -0.2) is 36.3 Å². The van der Waals surface area contributed by atoms with E-state index in [1.807, 2.05) is 4.90 Å². The van der Waals surface area contributed by atoms with Crippen molar-refractivity contribution in [3.8, 4) is 0 Å². The predicted octanol–water partition coefficient (Wildman–Crippen LogP) is 3.25. The second-order valence-corrected chi connectivity index (χ2v) is 8.40. The smallest absolute Gasteiger partial charge is 0.263 e. The van der Waals surface area contributed by atoms with Crippen LogP contribution in [0.5, 0.6) is 0 Å². The van der Waals surface area contributed by atoms with Crippen molar-refractivity contribution < 1.29 is 9.59 Å². The minimum Gasteiger partial charge on any atom is -0.356 e. The molecule has 2 heterocycles. The van der Waals surface area contributed by atoms with Gasteiger partial charge in [0.2, 0.25) is 5.91 Å². The van der Waals surface area contributed by atoms with E-state index in [9.17, 15) is 9.59 Å². The normalized spacial score (nSPS) is 21.4. The van der Waals surface area contributed by atoms with Gasteiger partial charge in [-0.1, -0.05) is 13.8 Å². The maximum absolute atomic E-state index is 12.8. The Hall–Kier alpha value is -1.36. The summed E-state index contributed by atoms with van der Waals surface area (Å²) in [4.78, 5) is 29.1. The number of hydrogen-bond donors (Lipinski definition) is 1. The maximum atomic E-state index is 12.8. The van der Waals surface area contributed by atoms with Gasteiger partial charge in [-0.3, -0.25) is 9.59 Å². The van der Waals surface area contributed by atoms with Gasteiger partial charge in [-0.15, -0.1) is 11.3 Å². The summed E-state index contributed by atoms with van der Waals surface area (Å²) in [6, 6.07) is 2.12. The molecule has 2 aliphatic rings. The van der Waals surface area contributed by atoms with E-state index in [-0.39, 0.29) is 17.7 Å². The lowest BCUT2D eigenvalue weighted by Crippen LogP contribution is -2.43. The Morgan fingerprint density at radius 1 is 1.29 bits per heavy atom. The molecule has 0 spiro atoms. The molecule has 1 N–H and O–H groups in total. The number of nitrogens with one attached hydrogen (secondary N) is 1. The van der Waals surface area contributed by atoms with Crippen LogP contribution in [0.25, 0.3) is 0 Å². The molecule has 4 nitrogen and oxygen atoms in total. The van der Waals surface area contributed by atoms with Gasteiger partial charge in [0.25, 0.3) is 5.91 Å². The summed E-state index contributed by atoms with van der Waals surface area (Å²) in [7, 11) is 0. The fraction of sp³-hybridized carbons (Fsp3) is 0.684. The summed E-state index contributed by atoms with van der Waals surface area (Å²) in [5.41, 5.74) is 1.39. The number of aryl methyl sites for hydroxylation is 1. The van der Waals surface area contributed by atoms with Gasteiger partial charge >= 0.3 is 0 Å². The molecule has 5 heteroatoms. The number of fused-ring (bicyclic) bond motifs is 1. The summed E-state index contributed by atoms with van der Waals surface area (Å²) in [6.45, 7) is 6.49. The van der Waals surface area contributed by atoms with Gasteiger partial charge in [0.05, 0.1) is 4.88 Å². The van der Waals surface area contributed by atoms with Crippen molar-refractivity contribution in [2.45, 2.75) is 52.4 Å². The zero-order chi connectivity index (χ0) is 17.1. The molecule has 1 fully saturated rings. The van der Waals surface area contributed by atoms with Gasteiger partial charge in [-0.25, -0.2) is 0 Å². The van der Waals surface area contributed by atoms with E-state index in [1.165, 1.54) is 16.9 Å². The molecule has 1 aliphatic heterocycles. The van der Waals surface area contributed by atoms with Gasteiger partial charge in [-0.05, 0) is 56.1 Å². The van der Waals surface area contributed by atoms with Crippen LogP contribution in [-0.2, 0) is 17.6 Å². The summed E-state index contributed by atoms with van der Waals surface area (Å²) < 4.78 is 0. The van der Waals surface area contributed by atoms with Crippen LogP contribution in [0, 0.1) is 11.8 Å². The van der Waals surface area contributed by atoms with Crippen molar-refractivity contribution in [2.24, 2.45) is 11.8 Å². The number of amides is 2. The molecule has 0 aromatic carbocycles. The first kappa shape index (κ1) is 17.5. The Balaban J connectivity index is 1.57. The topological polar surface area (TPSA) is 49.4 Å². The lowest BCUT2D eigenvalue weighted by molar-refractivity contribution is -0.126. The third-order valence-corrected chi connectivity index (χ3v) is 6.47. The number of carbonyl (C=O) groups excluding carboxylic acids is 2. The molecular weight excluding hydrogens is 320 g/mol. The van der Waals surface area contributed by atoms with E-state index in [2.05, 4.69) is 25.2 Å². The van der Waals surface area contributed by atoms with Crippen LogP contribution in [0.3, 0.4) is 0 Å². The first-order chi connectivity index (χ1) is 11.6. The third kappa shape index (κ3) is 3.82. The number of carbonyl (C=O) groups is 2. The third-order valence-electron chi connectivity index (χ3n) is 5.24. The Labute approximate surface area is 148 Å². The van der Waals surface area contributed by atoms with Crippen LogP contribution < -0.4 is 5.32 Å². The molecule has 132 valence electrons. The van der Waals surface area contributed by atoms with Crippen molar-refractivity contribution >= 4 is 23.2 Å². The number of likely N-dealkylation sites (tertiary alicyclic amines) is 1. The number of nitrogens with zero attached hydrogens (tertiary/aromatic N) is 1. The SMILES string of the molecule is CCCNC(=O)C1CCN(C(=O)c2cc3c(s2)CCC(C)C3)CC1. The second-order valence-electron chi connectivity index (χ2n) is 7.26. The van der Waals surface area contributed by atoms with Crippen molar-refractivity contribution in [2.75, 3.05) is 19.6 Å². The summed E-state index contributed by atoms with van der Waals surface area (Å²) in [6.07, 6.45) is 5.99. The highest BCUT2D eigenvalue weighted by atomic mass is 32.1. The minimum atomic E-state index is 0.0676. The second kappa shape index (κ2) is 7.68. The van der Waals surface area contributed by atoms with Crippen molar-refractivity contribution in [3.63, 3.8) is 0 Å². The highest BCUT2D eigenvalue weighted by Gasteiger charge is 2.29. The number of rotatable bonds is 4. The Bertz CT molecular complexity index is 603. The molecule has 1 saturated heterocycles. The fourth-order valence-corrected chi connectivity index (χ4v) is 4.88. The molecule has 0 bridgehead atoms. The first-order valence-corrected chi connectivity index (χ1v) is 10.1. The Morgan fingerprint density at radius 3 is 2.75 bits per heavy atom. The van der Waals surface area contributed by atoms with Crippen LogP contribution in [0.4, 0.5) is 0 Å². The average Bonchev–Trinajstić information content (AvgIpc) is 3.02. The number of hydrogen-bond acceptors (Lipinski definition) is 3. The van der Waals surface area contributed by atoms with Gasteiger partial charge in [-0.2, -0.15) is 0 Å². The molecular formula is C19H28N2O2S. The quantitative estimate of drug-likeness (QED) is 0.908. The van der Waals surface area contributed by atoms with E-state index in [0.29, 0.717) is 13.1 Å². The van der Waals surface area contributed by atoms with Crippen molar-refractivity contribution in [3.05, 3.63) is 21.4 Å². The summed E-state index contributed by atoms with van der Waals surface area (Å²) in [5.74, 6) is 1.12. The molecule has 2 amide bonds. The highest BCUT2D eigenvalue weighted by molar-refractivity contribution is 7.14. The molecule has 0 saturated carbocycles. The zero-order valence-electron chi connectivity index (χ0n) is 14.8. The van der Waals surface area contributed by atoms with E-state index >= 15 is 0 Å². The van der Waals surface area contributed by atoms with Crippen molar-refractivity contribution in [1.82, 2.24) is 10.2 Å². The van der Waals surface area contributed by atoms with Gasteiger partial charge < -0.3 is 10.2 Å². The van der Waals surface area contributed by atoms with Crippen LogP contribution >= 0.6 is 11.3 Å². The monoisotopic (exact) mass is 348 g/mol. The van der Waals surface area contributed by atoms with E-state index in [4.69, 9.17) is 0 Å². The highest BCUT2D eigenvalue weighted by Crippen LogP contribution is 2.33. The number of thiophene rings is 1. The molecule has 0 radical (unpaired) electrons. The lowest BCUT2D eigenvalue weighted by Gasteiger charge is -2.31. The Morgan fingerprint density at radius 2 is 2.04 bits per heavy atom. The lowest BCUT2D eigenvalue weighted by atomic mass is 9.90. The van der Waals surface area contributed by atoms with E-state index in [0.717, 1.165) is 49.4 Å². The summed E-state index contributed by atoms with van der Waals surface area (Å²) in [5, 5.41) is 2.97. The average molecular weight is 349 g/mol.